The number of hydrogen-bond donors (Lipinski definition) is 3. The molecule has 0 spiro atoms. The fraction of sp³-hybridized carbons (Fsp3) is 0.250. The molecule has 0 amide bonds. The van der Waals surface area contributed by atoms with Crippen molar-refractivity contribution in [2.45, 2.75) is 29.4 Å². The van der Waals surface area contributed by atoms with Crippen LogP contribution >= 0.6 is 11.8 Å². The minimum Gasteiger partial charge on any atom is -0.392 e. The van der Waals surface area contributed by atoms with Crippen LogP contribution in [0.5, 0.6) is 0 Å². The first-order valence-electron chi connectivity index (χ1n) is 9.86. The van der Waals surface area contributed by atoms with Gasteiger partial charge in [0.15, 0.2) is 0 Å². The van der Waals surface area contributed by atoms with E-state index in [1.807, 2.05) is 42.5 Å². The third-order valence-electron chi connectivity index (χ3n) is 4.63. The molecule has 0 aliphatic rings. The molecule has 3 aromatic rings. The molecule has 5 heteroatoms. The monoisotopic (exact) mass is 410 g/mol. The smallest absolute Gasteiger partial charge is 0.123 e. The van der Waals surface area contributed by atoms with Crippen LogP contribution in [0.1, 0.15) is 16.7 Å². The Balaban J connectivity index is 1.41. The maximum Gasteiger partial charge on any atom is 0.123 e. The second-order valence-electron chi connectivity index (χ2n) is 6.78. The van der Waals surface area contributed by atoms with Crippen molar-refractivity contribution in [2.24, 2.45) is 0 Å². The van der Waals surface area contributed by atoms with E-state index in [4.69, 9.17) is 0 Å². The molecule has 0 bridgehead atoms. The van der Waals surface area contributed by atoms with Gasteiger partial charge in [0.1, 0.15) is 5.82 Å². The summed E-state index contributed by atoms with van der Waals surface area (Å²) in [6, 6.07) is 23.0. The first-order valence-corrected chi connectivity index (χ1v) is 10.7. The molecule has 0 atom stereocenters. The zero-order chi connectivity index (χ0) is 20.3. The highest BCUT2D eigenvalue weighted by atomic mass is 32.2. The van der Waals surface area contributed by atoms with Gasteiger partial charge in [0, 0.05) is 29.4 Å². The molecule has 0 saturated carbocycles. The molecule has 3 N–H and O–H groups in total. The van der Waals surface area contributed by atoms with Crippen LogP contribution in [0.15, 0.2) is 82.6 Å². The number of hydrogen-bond acceptors (Lipinski definition) is 4. The summed E-state index contributed by atoms with van der Waals surface area (Å²) in [6.45, 7) is 3.47. The minimum atomic E-state index is -0.191. The predicted octanol–water partition coefficient (Wildman–Crippen LogP) is 4.39. The van der Waals surface area contributed by atoms with Crippen molar-refractivity contribution in [2.75, 3.05) is 19.6 Å². The van der Waals surface area contributed by atoms with Crippen LogP contribution in [0.2, 0.25) is 0 Å². The van der Waals surface area contributed by atoms with Gasteiger partial charge in [-0.05, 0) is 53.9 Å². The molecule has 29 heavy (non-hydrogen) atoms. The van der Waals surface area contributed by atoms with E-state index >= 15 is 0 Å². The lowest BCUT2D eigenvalue weighted by Crippen LogP contribution is -2.28. The number of halogens is 1. The van der Waals surface area contributed by atoms with Crippen molar-refractivity contribution in [3.8, 4) is 0 Å². The third kappa shape index (κ3) is 6.98. The van der Waals surface area contributed by atoms with E-state index in [2.05, 4.69) is 28.8 Å². The molecule has 3 aromatic carbocycles. The minimum absolute atomic E-state index is 0.0488. The largest absolute Gasteiger partial charge is 0.392 e. The van der Waals surface area contributed by atoms with Crippen LogP contribution in [0.25, 0.3) is 0 Å². The third-order valence-corrected chi connectivity index (χ3v) is 5.87. The van der Waals surface area contributed by atoms with Crippen LogP contribution in [0, 0.1) is 5.82 Å². The predicted molar refractivity (Wildman–Crippen MR) is 118 cm³/mol. The Morgan fingerprint density at radius 2 is 1.34 bits per heavy atom. The van der Waals surface area contributed by atoms with E-state index in [0.29, 0.717) is 0 Å². The van der Waals surface area contributed by atoms with Crippen LogP contribution in [-0.2, 0) is 19.6 Å². The zero-order valence-electron chi connectivity index (χ0n) is 16.4. The first kappa shape index (κ1) is 21.5. The molecular formula is C24H27FN2OS. The number of aliphatic hydroxyl groups excluding tert-OH is 1. The molecule has 0 saturated heterocycles. The summed E-state index contributed by atoms with van der Waals surface area (Å²) < 4.78 is 12.9. The quantitative estimate of drug-likeness (QED) is 0.410. The highest BCUT2D eigenvalue weighted by Crippen LogP contribution is 2.32. The number of nitrogens with one attached hydrogen (secondary N) is 2. The van der Waals surface area contributed by atoms with Crippen LogP contribution in [-0.4, -0.2) is 24.7 Å². The number of rotatable bonds is 11. The van der Waals surface area contributed by atoms with Crippen molar-refractivity contribution >= 4 is 11.8 Å². The van der Waals surface area contributed by atoms with Gasteiger partial charge in [0.05, 0.1) is 6.61 Å². The van der Waals surface area contributed by atoms with E-state index in [1.54, 1.807) is 11.8 Å². The van der Waals surface area contributed by atoms with Gasteiger partial charge in [0.25, 0.3) is 0 Å². The lowest BCUT2D eigenvalue weighted by molar-refractivity contribution is 0.279. The Hall–Kier alpha value is -2.18. The normalized spacial score (nSPS) is 11.0. The van der Waals surface area contributed by atoms with Crippen molar-refractivity contribution in [1.29, 1.82) is 0 Å². The maximum absolute atomic E-state index is 12.9. The van der Waals surface area contributed by atoms with E-state index in [-0.39, 0.29) is 12.4 Å². The van der Waals surface area contributed by atoms with Crippen LogP contribution in [0.4, 0.5) is 4.39 Å². The number of benzene rings is 3. The van der Waals surface area contributed by atoms with Gasteiger partial charge in [-0.15, -0.1) is 0 Å². The summed E-state index contributed by atoms with van der Waals surface area (Å²) in [5.74, 6) is -0.191. The zero-order valence-corrected chi connectivity index (χ0v) is 17.2. The molecule has 0 heterocycles. The molecule has 3 rings (SSSR count). The Morgan fingerprint density at radius 1 is 0.724 bits per heavy atom. The van der Waals surface area contributed by atoms with Crippen molar-refractivity contribution < 1.29 is 9.50 Å². The van der Waals surface area contributed by atoms with Gasteiger partial charge >= 0.3 is 0 Å². The molecule has 0 unspecified atom stereocenters. The van der Waals surface area contributed by atoms with Crippen LogP contribution < -0.4 is 10.6 Å². The first-order chi connectivity index (χ1) is 14.3. The molecule has 0 fully saturated rings. The molecule has 152 valence electrons. The van der Waals surface area contributed by atoms with Gasteiger partial charge < -0.3 is 15.7 Å². The van der Waals surface area contributed by atoms with E-state index in [1.165, 1.54) is 22.6 Å². The molecule has 3 nitrogen and oxygen atoms in total. The van der Waals surface area contributed by atoms with Gasteiger partial charge in [-0.3, -0.25) is 0 Å². The van der Waals surface area contributed by atoms with Gasteiger partial charge in [-0.25, -0.2) is 4.39 Å². The summed E-state index contributed by atoms with van der Waals surface area (Å²) in [4.78, 5) is 2.29. The lowest BCUT2D eigenvalue weighted by Gasteiger charge is -2.12. The standard InChI is InChI=1S/C24H27FN2OS/c25-22-11-9-19(10-12-22)13-14-26-15-16-27-17-20-5-1-3-7-23(20)29-24-8-4-2-6-21(24)18-28/h1-12,26-28H,13-18H2. The van der Waals surface area contributed by atoms with Crippen molar-refractivity contribution in [3.05, 3.63) is 95.3 Å². The van der Waals surface area contributed by atoms with E-state index in [9.17, 15) is 9.50 Å². The summed E-state index contributed by atoms with van der Waals surface area (Å²) in [5, 5.41) is 16.4. The van der Waals surface area contributed by atoms with Gasteiger partial charge in [-0.2, -0.15) is 0 Å². The highest BCUT2D eigenvalue weighted by molar-refractivity contribution is 7.99. The number of aliphatic hydroxyl groups is 1. The second kappa shape index (κ2) is 11.7. The summed E-state index contributed by atoms with van der Waals surface area (Å²) >= 11 is 1.69. The van der Waals surface area contributed by atoms with Gasteiger partial charge in [0.2, 0.25) is 0 Å². The Labute approximate surface area is 176 Å². The fourth-order valence-electron chi connectivity index (χ4n) is 3.01. The summed E-state index contributed by atoms with van der Waals surface area (Å²) in [7, 11) is 0. The van der Waals surface area contributed by atoms with Crippen molar-refractivity contribution in [3.63, 3.8) is 0 Å². The summed E-state index contributed by atoms with van der Waals surface area (Å²) in [5.41, 5.74) is 3.34. The van der Waals surface area contributed by atoms with E-state index < -0.39 is 0 Å². The Bertz CT molecular complexity index is 886. The summed E-state index contributed by atoms with van der Waals surface area (Å²) in [6.07, 6.45) is 0.893. The average molecular weight is 411 g/mol. The fourth-order valence-corrected chi connectivity index (χ4v) is 4.08. The Morgan fingerprint density at radius 3 is 2.07 bits per heavy atom. The topological polar surface area (TPSA) is 44.3 Å². The maximum atomic E-state index is 12.9. The molecular weight excluding hydrogens is 383 g/mol. The SMILES string of the molecule is OCc1ccccc1Sc1ccccc1CNCCNCCc1ccc(F)cc1. The van der Waals surface area contributed by atoms with Gasteiger partial charge in [-0.1, -0.05) is 60.3 Å². The Kier molecular flexibility index (Phi) is 8.71. The average Bonchev–Trinajstić information content (AvgIpc) is 2.76. The molecule has 0 aliphatic heterocycles. The van der Waals surface area contributed by atoms with E-state index in [0.717, 1.165) is 48.6 Å². The lowest BCUT2D eigenvalue weighted by atomic mass is 10.1. The van der Waals surface area contributed by atoms with Crippen LogP contribution in [0.3, 0.4) is 0 Å². The highest BCUT2D eigenvalue weighted by Gasteiger charge is 2.07. The molecule has 0 aliphatic carbocycles. The second-order valence-corrected chi connectivity index (χ2v) is 7.86. The molecule has 0 aromatic heterocycles. The molecule has 0 radical (unpaired) electrons. The van der Waals surface area contributed by atoms with Crippen molar-refractivity contribution in [1.82, 2.24) is 10.6 Å².